The van der Waals surface area contributed by atoms with Crippen LogP contribution in [-0.2, 0) is 9.59 Å². The molecule has 2 aromatic carbocycles. The van der Waals surface area contributed by atoms with E-state index < -0.39 is 17.7 Å². The first-order valence-electron chi connectivity index (χ1n) is 15.1. The molecule has 10 heteroatoms. The minimum Gasteiger partial charge on any atom is -0.505 e. The second-order valence-electron chi connectivity index (χ2n) is 11.5. The quantitative estimate of drug-likeness (QED) is 0.0789. The maximum atomic E-state index is 13.9. The molecular weight excluding hydrogens is 588 g/mol. The monoisotopic (exact) mass is 624 g/mol. The van der Waals surface area contributed by atoms with Crippen LogP contribution in [0.1, 0.15) is 65.9 Å². The van der Waals surface area contributed by atoms with Crippen molar-refractivity contribution in [2.75, 3.05) is 18.6 Å². The summed E-state index contributed by atoms with van der Waals surface area (Å²) in [4.78, 5) is 38.8. The number of hydrogen-bond donors (Lipinski definition) is 1. The lowest BCUT2D eigenvalue weighted by Gasteiger charge is -2.23. The zero-order valence-electron chi connectivity index (χ0n) is 26.3. The molecular formula is C35H36N4O5S. The molecule has 1 unspecified atom stereocenters. The van der Waals surface area contributed by atoms with Crippen molar-refractivity contribution in [1.82, 2.24) is 14.4 Å². The highest BCUT2D eigenvalue weighted by molar-refractivity contribution is 7.22. The molecule has 1 N–H and O–H groups in total. The van der Waals surface area contributed by atoms with Gasteiger partial charge < -0.3 is 19.0 Å². The Morgan fingerprint density at radius 2 is 1.80 bits per heavy atom. The lowest BCUT2D eigenvalue weighted by atomic mass is 9.96. The van der Waals surface area contributed by atoms with Crippen molar-refractivity contribution in [2.24, 2.45) is 0 Å². The molecule has 4 heterocycles. The zero-order valence-corrected chi connectivity index (χ0v) is 27.1. The number of benzene rings is 2. The number of nitrogens with zero attached hydrogens (tertiary/aromatic N) is 4. The van der Waals surface area contributed by atoms with Crippen LogP contribution in [0.15, 0.2) is 54.2 Å². The number of amides is 1. The van der Waals surface area contributed by atoms with Crippen LogP contribution in [0.25, 0.3) is 21.6 Å². The summed E-state index contributed by atoms with van der Waals surface area (Å²) < 4.78 is 14.5. The predicted molar refractivity (Wildman–Crippen MR) is 177 cm³/mol. The van der Waals surface area contributed by atoms with E-state index in [2.05, 4.69) is 6.92 Å². The maximum absolute atomic E-state index is 13.9. The molecule has 232 valence electrons. The summed E-state index contributed by atoms with van der Waals surface area (Å²) in [5, 5.41) is 12.2. The zero-order chi connectivity index (χ0) is 32.0. The van der Waals surface area contributed by atoms with E-state index in [1.165, 1.54) is 16.2 Å². The van der Waals surface area contributed by atoms with Gasteiger partial charge in [-0.2, -0.15) is 0 Å². The average molecular weight is 625 g/mol. The van der Waals surface area contributed by atoms with Gasteiger partial charge in [-0.05, 0) is 80.6 Å². The number of imidazole rings is 1. The summed E-state index contributed by atoms with van der Waals surface area (Å²) in [5.41, 5.74) is 5.78. The van der Waals surface area contributed by atoms with Crippen molar-refractivity contribution in [2.45, 2.75) is 59.9 Å². The molecule has 0 radical (unpaired) electrons. The molecule has 5 aromatic rings. The first-order valence-corrected chi connectivity index (χ1v) is 15.9. The number of aliphatic hydroxyl groups is 1. The highest BCUT2D eigenvalue weighted by Crippen LogP contribution is 2.46. The molecule has 3 aromatic heterocycles. The van der Waals surface area contributed by atoms with Crippen LogP contribution in [0.5, 0.6) is 11.5 Å². The number of aromatic nitrogens is 3. The van der Waals surface area contributed by atoms with Crippen LogP contribution >= 0.6 is 11.3 Å². The van der Waals surface area contributed by atoms with Gasteiger partial charge in [0.25, 0.3) is 5.78 Å². The number of anilines is 1. The number of hydrogen-bond acceptors (Lipinski definition) is 8. The van der Waals surface area contributed by atoms with Gasteiger partial charge in [0.15, 0.2) is 22.4 Å². The largest absolute Gasteiger partial charge is 0.505 e. The molecule has 1 fully saturated rings. The van der Waals surface area contributed by atoms with Gasteiger partial charge >= 0.3 is 5.91 Å². The van der Waals surface area contributed by atoms with Crippen LogP contribution < -0.4 is 14.4 Å². The van der Waals surface area contributed by atoms with Crippen molar-refractivity contribution in [3.05, 3.63) is 87.9 Å². The Hall–Kier alpha value is -4.70. The second-order valence-corrected chi connectivity index (χ2v) is 12.5. The summed E-state index contributed by atoms with van der Waals surface area (Å²) in [6.07, 6.45) is 4.90. The smallest absolute Gasteiger partial charge is 0.301 e. The van der Waals surface area contributed by atoms with E-state index in [-0.39, 0.29) is 17.0 Å². The standard InChI is InChI=1S/C35H36N4O5S/c1-7-8-9-15-44-24-13-12-23(18-25(24)43-6)30-27(31(40)29-22(5)38-14-10-11-20(3)33(38)36-29)32(41)34(42)39(30)35-37-28-21(4)16-19(2)17-26(28)45-35/h10-14,16-18,30,40H,7-9,15H2,1-6H3/b31-27+. The second kappa shape index (κ2) is 12.0. The third-order valence-corrected chi connectivity index (χ3v) is 9.29. The van der Waals surface area contributed by atoms with E-state index in [1.807, 2.05) is 62.6 Å². The fraction of sp³-hybridized carbons (Fsp3) is 0.314. The Labute approximate surface area is 265 Å². The summed E-state index contributed by atoms with van der Waals surface area (Å²) >= 11 is 1.34. The van der Waals surface area contributed by atoms with E-state index in [9.17, 15) is 14.7 Å². The fourth-order valence-corrected chi connectivity index (χ4v) is 7.16. The highest BCUT2D eigenvalue weighted by Gasteiger charge is 2.49. The minimum atomic E-state index is -0.986. The molecule has 1 amide bonds. The van der Waals surface area contributed by atoms with Gasteiger partial charge in [-0.25, -0.2) is 9.97 Å². The first kappa shape index (κ1) is 30.3. The Balaban J connectivity index is 1.55. The van der Waals surface area contributed by atoms with Crippen molar-refractivity contribution < 1.29 is 24.2 Å². The van der Waals surface area contributed by atoms with Gasteiger partial charge in [-0.1, -0.05) is 49.3 Å². The van der Waals surface area contributed by atoms with E-state index in [4.69, 9.17) is 19.4 Å². The number of aliphatic hydroxyl groups excluding tert-OH is 1. The number of ketones is 1. The third-order valence-electron chi connectivity index (χ3n) is 8.29. The summed E-state index contributed by atoms with van der Waals surface area (Å²) in [5.74, 6) is -0.895. The van der Waals surface area contributed by atoms with Crippen molar-refractivity contribution in [3.8, 4) is 11.5 Å². The van der Waals surface area contributed by atoms with Crippen LogP contribution in [0, 0.1) is 27.7 Å². The molecule has 1 aliphatic rings. The van der Waals surface area contributed by atoms with Gasteiger partial charge in [0, 0.05) is 6.20 Å². The number of carbonyl (C=O) groups excluding carboxylic acids is 2. The molecule has 6 rings (SSSR count). The van der Waals surface area contributed by atoms with Crippen LogP contribution in [0.3, 0.4) is 0 Å². The van der Waals surface area contributed by atoms with Crippen LogP contribution in [0.4, 0.5) is 5.13 Å². The number of unbranched alkanes of at least 4 members (excludes halogenated alkanes) is 2. The molecule has 1 aliphatic heterocycles. The number of ether oxygens (including phenoxy) is 2. The maximum Gasteiger partial charge on any atom is 0.301 e. The summed E-state index contributed by atoms with van der Waals surface area (Å²) in [6, 6.07) is 12.2. The number of fused-ring (bicyclic) bond motifs is 2. The van der Waals surface area contributed by atoms with Gasteiger partial charge in [-0.3, -0.25) is 14.5 Å². The number of pyridine rings is 1. The van der Waals surface area contributed by atoms with E-state index >= 15 is 0 Å². The minimum absolute atomic E-state index is 0.0602. The number of rotatable bonds is 9. The molecule has 0 saturated carbocycles. The predicted octanol–water partition coefficient (Wildman–Crippen LogP) is 7.38. The van der Waals surface area contributed by atoms with Gasteiger partial charge in [0.2, 0.25) is 0 Å². The number of carbonyl (C=O) groups is 2. The lowest BCUT2D eigenvalue weighted by Crippen LogP contribution is -2.29. The van der Waals surface area contributed by atoms with Crippen LogP contribution in [0.2, 0.25) is 0 Å². The average Bonchev–Trinajstić information content (AvgIpc) is 3.67. The number of Topliss-reactive ketones (excluding diaryl/α,β-unsaturated/α-hetero) is 1. The fourth-order valence-electron chi connectivity index (χ4n) is 5.99. The van der Waals surface area contributed by atoms with Gasteiger partial charge in [-0.15, -0.1) is 0 Å². The van der Waals surface area contributed by atoms with Crippen molar-refractivity contribution in [1.29, 1.82) is 0 Å². The first-order chi connectivity index (χ1) is 21.6. The molecule has 0 spiro atoms. The molecule has 0 bridgehead atoms. The number of aryl methyl sites for hydroxylation is 4. The van der Waals surface area contributed by atoms with Crippen molar-refractivity contribution in [3.63, 3.8) is 0 Å². The molecule has 9 nitrogen and oxygen atoms in total. The van der Waals surface area contributed by atoms with E-state index in [0.717, 1.165) is 46.2 Å². The van der Waals surface area contributed by atoms with Gasteiger partial charge in [0.1, 0.15) is 11.3 Å². The lowest BCUT2D eigenvalue weighted by molar-refractivity contribution is -0.132. The number of thiazole rings is 1. The Bertz CT molecular complexity index is 2010. The van der Waals surface area contributed by atoms with Crippen LogP contribution in [-0.4, -0.2) is 44.9 Å². The highest BCUT2D eigenvalue weighted by atomic mass is 32.1. The number of methoxy groups -OCH3 is 1. The summed E-state index contributed by atoms with van der Waals surface area (Å²) in [6.45, 7) is 10.4. The normalized spacial score (nSPS) is 16.3. The summed E-state index contributed by atoms with van der Waals surface area (Å²) in [7, 11) is 1.55. The van der Waals surface area contributed by atoms with Gasteiger partial charge in [0.05, 0.1) is 41.2 Å². The Morgan fingerprint density at radius 3 is 2.53 bits per heavy atom. The SMILES string of the molecule is CCCCCOc1ccc(C2/C(=C(\O)c3nc4c(C)cccn4c3C)C(=O)C(=O)N2c2nc3c(C)cc(C)cc3s2)cc1OC. The molecule has 45 heavy (non-hydrogen) atoms. The van der Waals surface area contributed by atoms with E-state index in [1.54, 1.807) is 25.3 Å². The molecule has 1 saturated heterocycles. The Kier molecular flexibility index (Phi) is 8.09. The van der Waals surface area contributed by atoms with E-state index in [0.29, 0.717) is 40.1 Å². The molecule has 1 atom stereocenters. The topological polar surface area (TPSA) is 106 Å². The Morgan fingerprint density at radius 1 is 1.00 bits per heavy atom. The molecule has 0 aliphatic carbocycles. The van der Waals surface area contributed by atoms with Crippen molar-refractivity contribution >= 4 is 49.8 Å². The third kappa shape index (κ3) is 5.22.